The molecule has 2 aromatic carbocycles. The molecule has 0 aliphatic carbocycles. The van der Waals surface area contributed by atoms with Crippen LogP contribution in [0.25, 0.3) is 0 Å². The summed E-state index contributed by atoms with van der Waals surface area (Å²) in [5.74, 6) is 0.0396. The van der Waals surface area contributed by atoms with Crippen LogP contribution >= 0.6 is 0 Å². The molecule has 0 heterocycles. The molecule has 7 heteroatoms. The van der Waals surface area contributed by atoms with E-state index < -0.39 is 11.9 Å². The fourth-order valence-corrected chi connectivity index (χ4v) is 2.15. The van der Waals surface area contributed by atoms with E-state index >= 15 is 0 Å². The lowest BCUT2D eigenvalue weighted by molar-refractivity contribution is -0.128. The molecule has 7 nitrogen and oxygen atoms in total. The van der Waals surface area contributed by atoms with E-state index in [0.29, 0.717) is 11.3 Å². The normalized spacial score (nSPS) is 11.8. The van der Waals surface area contributed by atoms with Crippen molar-refractivity contribution in [1.29, 1.82) is 0 Å². The third-order valence-corrected chi connectivity index (χ3v) is 3.61. The standard InChI is InChI=1S/C19H21N3O4/c1-13(19(25)22-20-12-15-5-3-4-6-17(15)23)21-18(24)11-14-7-9-16(26-2)10-8-14/h3-10,12-13,23H,11H2,1-2H3,(H,21,24)(H,22,25). The molecule has 0 saturated heterocycles. The molecule has 2 aromatic rings. The second-order valence-corrected chi connectivity index (χ2v) is 5.61. The topological polar surface area (TPSA) is 100 Å². The highest BCUT2D eigenvalue weighted by molar-refractivity contribution is 5.89. The summed E-state index contributed by atoms with van der Waals surface area (Å²) in [6.07, 6.45) is 1.49. The molecule has 0 aromatic heterocycles. The minimum Gasteiger partial charge on any atom is -0.507 e. The van der Waals surface area contributed by atoms with Crippen LogP contribution < -0.4 is 15.5 Å². The smallest absolute Gasteiger partial charge is 0.262 e. The zero-order valence-corrected chi connectivity index (χ0v) is 14.6. The molecule has 0 saturated carbocycles. The van der Waals surface area contributed by atoms with Gasteiger partial charge in [-0.25, -0.2) is 5.43 Å². The molecular formula is C19H21N3O4. The van der Waals surface area contributed by atoms with Gasteiger partial charge < -0.3 is 15.2 Å². The molecule has 26 heavy (non-hydrogen) atoms. The zero-order chi connectivity index (χ0) is 18.9. The van der Waals surface area contributed by atoms with Gasteiger partial charge in [0, 0.05) is 5.56 Å². The molecule has 0 aliphatic heterocycles. The molecule has 2 amide bonds. The van der Waals surface area contributed by atoms with Gasteiger partial charge in [0.05, 0.1) is 19.7 Å². The summed E-state index contributed by atoms with van der Waals surface area (Å²) in [5.41, 5.74) is 3.62. The van der Waals surface area contributed by atoms with Gasteiger partial charge >= 0.3 is 0 Å². The molecule has 0 aliphatic rings. The van der Waals surface area contributed by atoms with Crippen molar-refractivity contribution in [3.63, 3.8) is 0 Å². The lowest BCUT2D eigenvalue weighted by Gasteiger charge is -2.12. The van der Waals surface area contributed by atoms with Gasteiger partial charge in [-0.1, -0.05) is 24.3 Å². The number of hydrazone groups is 1. The van der Waals surface area contributed by atoms with Crippen LogP contribution in [0.15, 0.2) is 53.6 Å². The van der Waals surface area contributed by atoms with E-state index in [1.54, 1.807) is 56.5 Å². The number of phenolic OH excluding ortho intramolecular Hbond substituents is 1. The first-order chi connectivity index (χ1) is 12.5. The Morgan fingerprint density at radius 3 is 2.54 bits per heavy atom. The predicted octanol–water partition coefficient (Wildman–Crippen LogP) is 1.60. The number of nitrogens with one attached hydrogen (secondary N) is 2. The van der Waals surface area contributed by atoms with Gasteiger partial charge in [-0.3, -0.25) is 9.59 Å². The monoisotopic (exact) mass is 355 g/mol. The van der Waals surface area contributed by atoms with Crippen molar-refractivity contribution in [2.24, 2.45) is 5.10 Å². The van der Waals surface area contributed by atoms with Crippen LogP contribution in [-0.2, 0) is 16.0 Å². The SMILES string of the molecule is COc1ccc(CC(=O)NC(C)C(=O)NN=Cc2ccccc2O)cc1. The molecular weight excluding hydrogens is 334 g/mol. The van der Waals surface area contributed by atoms with E-state index in [0.717, 1.165) is 5.56 Å². The van der Waals surface area contributed by atoms with Crippen molar-refractivity contribution >= 4 is 18.0 Å². The number of rotatable bonds is 7. The van der Waals surface area contributed by atoms with Gasteiger partial charge in [0.1, 0.15) is 17.5 Å². The number of ether oxygens (including phenoxy) is 1. The minimum atomic E-state index is -0.748. The number of phenols is 1. The maximum absolute atomic E-state index is 12.0. The maximum Gasteiger partial charge on any atom is 0.262 e. The van der Waals surface area contributed by atoms with Crippen molar-refractivity contribution in [2.75, 3.05) is 7.11 Å². The first kappa shape index (κ1) is 19.0. The summed E-state index contributed by atoms with van der Waals surface area (Å²) < 4.78 is 5.06. The Bertz CT molecular complexity index is 788. The van der Waals surface area contributed by atoms with Crippen molar-refractivity contribution in [3.8, 4) is 11.5 Å². The highest BCUT2D eigenvalue weighted by Gasteiger charge is 2.15. The van der Waals surface area contributed by atoms with Crippen LogP contribution in [0.2, 0.25) is 0 Å². The average Bonchev–Trinajstić information content (AvgIpc) is 2.63. The van der Waals surface area contributed by atoms with Crippen LogP contribution in [0.5, 0.6) is 11.5 Å². The highest BCUT2D eigenvalue weighted by atomic mass is 16.5. The number of nitrogens with zero attached hydrogens (tertiary/aromatic N) is 1. The molecule has 3 N–H and O–H groups in total. The Kier molecular flexibility index (Phi) is 6.73. The molecule has 0 fully saturated rings. The first-order valence-corrected chi connectivity index (χ1v) is 8.03. The Labute approximate surface area is 151 Å². The molecule has 136 valence electrons. The van der Waals surface area contributed by atoms with Crippen molar-refractivity contribution in [2.45, 2.75) is 19.4 Å². The van der Waals surface area contributed by atoms with Crippen LogP contribution in [0.1, 0.15) is 18.1 Å². The average molecular weight is 355 g/mol. The van der Waals surface area contributed by atoms with Gasteiger partial charge in [-0.2, -0.15) is 5.10 Å². The molecule has 1 unspecified atom stereocenters. The number of carbonyl (C=O) groups is 2. The molecule has 0 bridgehead atoms. The van der Waals surface area contributed by atoms with E-state index in [1.165, 1.54) is 12.3 Å². The molecule has 1 atom stereocenters. The Balaban J connectivity index is 1.82. The van der Waals surface area contributed by atoms with Crippen LogP contribution in [-0.4, -0.2) is 36.3 Å². The van der Waals surface area contributed by atoms with Gasteiger partial charge in [0.2, 0.25) is 5.91 Å². The van der Waals surface area contributed by atoms with Crippen LogP contribution in [0, 0.1) is 0 Å². The largest absolute Gasteiger partial charge is 0.507 e. The van der Waals surface area contributed by atoms with Gasteiger partial charge in [0.15, 0.2) is 0 Å². The summed E-state index contributed by atoms with van der Waals surface area (Å²) in [6.45, 7) is 1.57. The number of benzene rings is 2. The molecule has 2 rings (SSSR count). The third kappa shape index (κ3) is 5.62. The van der Waals surface area contributed by atoms with Gasteiger partial charge in [-0.15, -0.1) is 0 Å². The first-order valence-electron chi connectivity index (χ1n) is 8.03. The maximum atomic E-state index is 12.0. The molecule has 0 spiro atoms. The van der Waals surface area contributed by atoms with E-state index in [9.17, 15) is 14.7 Å². The summed E-state index contributed by atoms with van der Waals surface area (Å²) in [5, 5.41) is 16.0. The predicted molar refractivity (Wildman–Crippen MR) is 98.1 cm³/mol. The van der Waals surface area contributed by atoms with E-state index in [-0.39, 0.29) is 18.1 Å². The number of para-hydroxylation sites is 1. The minimum absolute atomic E-state index is 0.0614. The Morgan fingerprint density at radius 2 is 1.88 bits per heavy atom. The summed E-state index contributed by atoms with van der Waals surface area (Å²) in [4.78, 5) is 24.0. The highest BCUT2D eigenvalue weighted by Crippen LogP contribution is 2.13. The summed E-state index contributed by atoms with van der Waals surface area (Å²) in [7, 11) is 1.57. The lowest BCUT2D eigenvalue weighted by atomic mass is 10.1. The summed E-state index contributed by atoms with van der Waals surface area (Å²) in [6, 6.07) is 13.0. The van der Waals surface area contributed by atoms with Gasteiger partial charge in [0.25, 0.3) is 5.91 Å². The van der Waals surface area contributed by atoms with Crippen molar-refractivity contribution in [1.82, 2.24) is 10.7 Å². The fourth-order valence-electron chi connectivity index (χ4n) is 2.15. The quantitative estimate of drug-likeness (QED) is 0.519. The van der Waals surface area contributed by atoms with E-state index in [2.05, 4.69) is 15.8 Å². The number of carbonyl (C=O) groups excluding carboxylic acids is 2. The van der Waals surface area contributed by atoms with E-state index in [4.69, 9.17) is 4.74 Å². The molecule has 0 radical (unpaired) electrons. The summed E-state index contributed by atoms with van der Waals surface area (Å²) >= 11 is 0. The lowest BCUT2D eigenvalue weighted by Crippen LogP contribution is -2.43. The Morgan fingerprint density at radius 1 is 1.19 bits per heavy atom. The van der Waals surface area contributed by atoms with Crippen molar-refractivity contribution < 1.29 is 19.4 Å². The van der Waals surface area contributed by atoms with Crippen LogP contribution in [0.3, 0.4) is 0 Å². The fraction of sp³-hybridized carbons (Fsp3) is 0.211. The number of amides is 2. The van der Waals surface area contributed by atoms with Crippen LogP contribution in [0.4, 0.5) is 0 Å². The number of hydrogen-bond acceptors (Lipinski definition) is 5. The van der Waals surface area contributed by atoms with Crippen molar-refractivity contribution in [3.05, 3.63) is 59.7 Å². The second-order valence-electron chi connectivity index (χ2n) is 5.61. The number of aromatic hydroxyl groups is 1. The number of hydrogen-bond donors (Lipinski definition) is 3. The van der Waals surface area contributed by atoms with E-state index in [1.807, 2.05) is 0 Å². The third-order valence-electron chi connectivity index (χ3n) is 3.61. The second kappa shape index (κ2) is 9.22. The Hall–Kier alpha value is -3.35. The zero-order valence-electron chi connectivity index (χ0n) is 14.6. The van der Waals surface area contributed by atoms with Gasteiger partial charge in [-0.05, 0) is 36.8 Å². The number of methoxy groups -OCH3 is 1.